The summed E-state index contributed by atoms with van der Waals surface area (Å²) in [6.45, 7) is 11.1. The zero-order chi connectivity index (χ0) is 25.8. The van der Waals surface area contributed by atoms with Gasteiger partial charge in [0.15, 0.2) is 7.36 Å². The molecule has 0 saturated carbocycles. The monoisotopic (exact) mass is 509 g/mol. The highest BCUT2D eigenvalue weighted by atomic mass is 31.2. The minimum atomic E-state index is -2.49. The van der Waals surface area contributed by atoms with E-state index in [4.69, 9.17) is 9.85 Å². The van der Waals surface area contributed by atoms with E-state index in [1.807, 2.05) is 0 Å². The second-order valence-electron chi connectivity index (χ2n) is 10.9. The summed E-state index contributed by atoms with van der Waals surface area (Å²) < 4.78 is 10.7. The average Bonchev–Trinajstić information content (AvgIpc) is 3.59. The molecule has 0 unspecified atom stereocenters. The first-order chi connectivity index (χ1) is 17.8. The number of rotatable bonds is 3. The first-order valence-corrected chi connectivity index (χ1v) is 14.9. The van der Waals surface area contributed by atoms with Crippen LogP contribution in [0.15, 0.2) is 93.7 Å². The van der Waals surface area contributed by atoms with Gasteiger partial charge in [0.25, 0.3) is 0 Å². The summed E-state index contributed by atoms with van der Waals surface area (Å²) in [5.74, 6) is 0. The average molecular weight is 510 g/mol. The summed E-state index contributed by atoms with van der Waals surface area (Å²) in [5.41, 5.74) is 8.41. The zero-order valence-corrected chi connectivity index (χ0v) is 23.4. The molecule has 1 atom stereocenters. The fourth-order valence-electron chi connectivity index (χ4n) is 6.29. The molecule has 1 fully saturated rings. The van der Waals surface area contributed by atoms with Gasteiger partial charge >= 0.3 is 0 Å². The molecule has 1 saturated heterocycles. The van der Waals surface area contributed by atoms with Gasteiger partial charge in [0.05, 0.1) is 22.9 Å². The molecule has 0 amide bonds. The van der Waals surface area contributed by atoms with Crippen molar-refractivity contribution in [2.45, 2.75) is 46.0 Å². The summed E-state index contributed by atoms with van der Waals surface area (Å²) in [6.07, 6.45) is 4.51. The summed E-state index contributed by atoms with van der Waals surface area (Å²) in [6, 6.07) is 26.1. The second kappa shape index (κ2) is 9.01. The van der Waals surface area contributed by atoms with Gasteiger partial charge < -0.3 is 4.90 Å². The van der Waals surface area contributed by atoms with Gasteiger partial charge in [-0.15, -0.1) is 0 Å². The third kappa shape index (κ3) is 3.71. The predicted octanol–water partition coefficient (Wildman–Crippen LogP) is 8.21. The van der Waals surface area contributed by atoms with Crippen molar-refractivity contribution >= 4 is 30.6 Å². The predicted molar refractivity (Wildman–Crippen MR) is 158 cm³/mol. The first-order valence-electron chi connectivity index (χ1n) is 13.3. The molecule has 3 aromatic carbocycles. The Morgan fingerprint density at radius 1 is 0.892 bits per heavy atom. The number of hydrazone groups is 1. The minimum absolute atomic E-state index is 0.164. The molecule has 0 N–H and O–H groups in total. The van der Waals surface area contributed by atoms with Crippen LogP contribution in [0.4, 0.5) is 17.1 Å². The number of allylic oxidation sites excluding steroid dienone is 2. The maximum absolute atomic E-state index is 5.81. The molecule has 6 rings (SSSR count). The molecule has 190 valence electrons. The van der Waals surface area contributed by atoms with E-state index < -0.39 is 7.36 Å². The smallest absolute Gasteiger partial charge is 0.179 e. The van der Waals surface area contributed by atoms with Crippen molar-refractivity contribution in [2.24, 2.45) is 9.85 Å². The quantitative estimate of drug-likeness (QED) is 0.334. The largest absolute Gasteiger partial charge is 0.346 e. The fraction of sp³-hybridized carbons (Fsp3) is 0.323. The van der Waals surface area contributed by atoms with Crippen molar-refractivity contribution in [3.8, 4) is 0 Å². The molecule has 5 nitrogen and oxygen atoms in total. The Balaban J connectivity index is 1.70. The lowest BCUT2D eigenvalue weighted by atomic mass is 9.84. The number of nitrogens with zero attached hydrogens (tertiary/aromatic N) is 5. The van der Waals surface area contributed by atoms with E-state index in [-0.39, 0.29) is 5.41 Å². The third-order valence-corrected chi connectivity index (χ3v) is 11.6. The van der Waals surface area contributed by atoms with Crippen LogP contribution in [0, 0.1) is 13.8 Å². The van der Waals surface area contributed by atoms with Crippen LogP contribution in [0.2, 0.25) is 0 Å². The van der Waals surface area contributed by atoms with Gasteiger partial charge in [0, 0.05) is 36.9 Å². The fourth-order valence-corrected chi connectivity index (χ4v) is 10.3. The van der Waals surface area contributed by atoms with Crippen LogP contribution in [0.3, 0.4) is 0 Å². The van der Waals surface area contributed by atoms with E-state index in [2.05, 4.69) is 128 Å². The van der Waals surface area contributed by atoms with E-state index >= 15 is 0 Å². The maximum Gasteiger partial charge on any atom is 0.179 e. The van der Waals surface area contributed by atoms with Gasteiger partial charge in [-0.05, 0) is 62.1 Å². The number of likely N-dealkylation sites (N-methyl/N-ethyl adjacent to an activating group) is 1. The van der Waals surface area contributed by atoms with Gasteiger partial charge in [-0.3, -0.25) is 0 Å². The van der Waals surface area contributed by atoms with Crippen LogP contribution in [0.1, 0.15) is 43.4 Å². The molecule has 0 radical (unpaired) electrons. The lowest BCUT2D eigenvalue weighted by Crippen LogP contribution is -2.30. The number of aryl methyl sites for hydroxylation is 2. The third-order valence-electron chi connectivity index (χ3n) is 8.05. The molecular formula is C31H36N5P. The summed E-state index contributed by atoms with van der Waals surface area (Å²) in [7, 11) is -0.275. The molecule has 3 aromatic rings. The lowest BCUT2D eigenvalue weighted by molar-refractivity contribution is 0.558. The summed E-state index contributed by atoms with van der Waals surface area (Å²) >= 11 is 0. The Hall–Kier alpha value is -3.14. The summed E-state index contributed by atoms with van der Waals surface area (Å²) in [5, 5.41) is 6.44. The highest BCUT2D eigenvalue weighted by Crippen LogP contribution is 2.71. The van der Waals surface area contributed by atoms with E-state index in [1.54, 1.807) is 0 Å². The van der Waals surface area contributed by atoms with Crippen LogP contribution in [0.25, 0.3) is 0 Å². The molecule has 6 heteroatoms. The number of hydrogen-bond acceptors (Lipinski definition) is 3. The van der Waals surface area contributed by atoms with E-state index in [0.29, 0.717) is 0 Å². The first kappa shape index (κ1) is 24.2. The van der Waals surface area contributed by atoms with Crippen molar-refractivity contribution in [1.82, 2.24) is 4.67 Å². The molecule has 0 bridgehead atoms. The van der Waals surface area contributed by atoms with Crippen molar-refractivity contribution in [2.75, 3.05) is 29.8 Å². The van der Waals surface area contributed by atoms with Crippen molar-refractivity contribution in [1.29, 1.82) is 0 Å². The maximum atomic E-state index is 5.81. The number of hydrogen-bond donors (Lipinski definition) is 0. The molecule has 0 aromatic heterocycles. The topological polar surface area (TPSA) is 34.4 Å². The Kier molecular flexibility index (Phi) is 5.89. The Labute approximate surface area is 221 Å². The number of anilines is 2. The van der Waals surface area contributed by atoms with Crippen molar-refractivity contribution in [3.05, 3.63) is 100 Å². The van der Waals surface area contributed by atoms with Gasteiger partial charge in [-0.1, -0.05) is 67.9 Å². The van der Waals surface area contributed by atoms with Gasteiger partial charge in [-0.25, -0.2) is 14.2 Å². The Bertz CT molecular complexity index is 1460. The number of fused-ring (bicyclic) bond motifs is 1. The highest BCUT2D eigenvalue weighted by molar-refractivity contribution is 7.71. The van der Waals surface area contributed by atoms with Crippen LogP contribution < -0.4 is 9.68 Å². The standard InChI is InChI=1S/C31H36N5P/c1-23-17-18-27(24(2)21-23)33-37(35-19-11-12-20-35)29(22-32-36(37)25-13-7-6-8-14-25)30-31(3,4)26-15-9-10-16-28(26)34(30)5/h6-10,13-18,21-22H,11-12,19-20H2,1-5H3/b30-29+/t37-/m0/s1. The highest BCUT2D eigenvalue weighted by Gasteiger charge is 2.50. The van der Waals surface area contributed by atoms with Gasteiger partial charge in [-0.2, -0.15) is 5.10 Å². The van der Waals surface area contributed by atoms with Crippen LogP contribution in [-0.2, 0) is 5.41 Å². The number of para-hydroxylation sites is 2. The summed E-state index contributed by atoms with van der Waals surface area (Å²) in [4.78, 5) is 2.40. The van der Waals surface area contributed by atoms with Gasteiger partial charge in [0.1, 0.15) is 0 Å². The SMILES string of the molecule is Cc1ccc(N=[P@]2(N3CCCC3)/C(=C3/N(C)c4ccccc4C3(C)C)C=NN2c2ccccc2)c(C)c1. The zero-order valence-electron chi connectivity index (χ0n) is 22.5. The molecule has 3 aliphatic rings. The lowest BCUT2D eigenvalue weighted by Gasteiger charge is -2.40. The van der Waals surface area contributed by atoms with Crippen LogP contribution >= 0.6 is 7.36 Å². The molecule has 3 aliphatic heterocycles. The van der Waals surface area contributed by atoms with Crippen LogP contribution in [-0.4, -0.2) is 31.0 Å². The molecule has 3 heterocycles. The van der Waals surface area contributed by atoms with Gasteiger partial charge in [0.2, 0.25) is 0 Å². The minimum Gasteiger partial charge on any atom is -0.346 e. The second-order valence-corrected chi connectivity index (χ2v) is 13.7. The number of benzene rings is 3. The normalized spacial score (nSPS) is 24.7. The molecule has 0 aliphatic carbocycles. The Morgan fingerprint density at radius 2 is 1.59 bits per heavy atom. The van der Waals surface area contributed by atoms with E-state index in [9.17, 15) is 0 Å². The van der Waals surface area contributed by atoms with E-state index in [0.717, 1.165) is 24.5 Å². The molecule has 37 heavy (non-hydrogen) atoms. The Morgan fingerprint density at radius 3 is 2.30 bits per heavy atom. The molecule has 0 spiro atoms. The van der Waals surface area contributed by atoms with Crippen LogP contribution in [0.5, 0.6) is 0 Å². The van der Waals surface area contributed by atoms with Crippen molar-refractivity contribution in [3.63, 3.8) is 0 Å². The van der Waals surface area contributed by atoms with Crippen molar-refractivity contribution < 1.29 is 0 Å². The van der Waals surface area contributed by atoms with E-state index in [1.165, 1.54) is 46.2 Å². The molecular weight excluding hydrogens is 473 g/mol.